The van der Waals surface area contributed by atoms with Crippen LogP contribution in [0.5, 0.6) is 0 Å². The van der Waals surface area contributed by atoms with Crippen molar-refractivity contribution in [3.63, 3.8) is 0 Å². The lowest BCUT2D eigenvalue weighted by Gasteiger charge is -2.53. The van der Waals surface area contributed by atoms with Crippen LogP contribution in [0.3, 0.4) is 0 Å². The number of carbonyl (C=O) groups is 1. The number of carbonyl (C=O) groups excluding carboxylic acids is 1. The first-order valence-electron chi connectivity index (χ1n) is 7.88. The van der Waals surface area contributed by atoms with Crippen molar-refractivity contribution in [1.29, 1.82) is 0 Å². The Morgan fingerprint density at radius 1 is 1.21 bits per heavy atom. The predicted octanol–water partition coefficient (Wildman–Crippen LogP) is 3.55. The summed E-state index contributed by atoms with van der Waals surface area (Å²) in [7, 11) is 0. The van der Waals surface area contributed by atoms with E-state index in [1.165, 1.54) is 4.88 Å². The van der Waals surface area contributed by atoms with Crippen molar-refractivity contribution in [2.75, 3.05) is 6.54 Å². The quantitative estimate of drug-likeness (QED) is 0.734. The van der Waals surface area contributed by atoms with Crippen LogP contribution in [0.2, 0.25) is 0 Å². The second-order valence-electron chi connectivity index (χ2n) is 6.72. The van der Waals surface area contributed by atoms with E-state index in [2.05, 4.69) is 35.6 Å². The molecule has 1 amide bonds. The molecule has 4 rings (SSSR count). The Hall–Kier alpha value is -2.47. The number of rotatable bonds is 3. The fourth-order valence-corrected chi connectivity index (χ4v) is 4.36. The minimum atomic E-state index is -0.0603. The number of aromatic nitrogens is 3. The van der Waals surface area contributed by atoms with Gasteiger partial charge in [0.1, 0.15) is 0 Å². The molecule has 1 atom stereocenters. The molecule has 0 spiro atoms. The van der Waals surface area contributed by atoms with Crippen LogP contribution in [-0.2, 0) is 0 Å². The summed E-state index contributed by atoms with van der Waals surface area (Å²) in [5.41, 5.74) is 1.36. The molecule has 1 fully saturated rings. The highest BCUT2D eigenvalue weighted by Gasteiger charge is 2.49. The first-order valence-corrected chi connectivity index (χ1v) is 8.76. The Labute approximate surface area is 144 Å². The summed E-state index contributed by atoms with van der Waals surface area (Å²) < 4.78 is 1.64. The first kappa shape index (κ1) is 15.1. The summed E-state index contributed by atoms with van der Waals surface area (Å²) in [6, 6.07) is 13.9. The molecule has 0 radical (unpaired) electrons. The van der Waals surface area contributed by atoms with Crippen LogP contribution in [0.1, 0.15) is 35.3 Å². The number of amides is 1. The summed E-state index contributed by atoms with van der Waals surface area (Å²) in [6.45, 7) is 5.12. The zero-order valence-electron chi connectivity index (χ0n) is 13.6. The smallest absolute Gasteiger partial charge is 0.276 e. The third-order valence-electron chi connectivity index (χ3n) is 4.44. The Bertz CT molecular complexity index is 854. The largest absolute Gasteiger partial charge is 0.328 e. The molecule has 1 aromatic carbocycles. The van der Waals surface area contributed by atoms with Crippen molar-refractivity contribution in [2.45, 2.75) is 19.9 Å². The topological polar surface area (TPSA) is 51.0 Å². The van der Waals surface area contributed by atoms with E-state index >= 15 is 0 Å². The van der Waals surface area contributed by atoms with Crippen molar-refractivity contribution in [2.24, 2.45) is 5.41 Å². The molecule has 0 N–H and O–H groups in total. The third-order valence-corrected chi connectivity index (χ3v) is 5.36. The van der Waals surface area contributed by atoms with Gasteiger partial charge in [0.2, 0.25) is 0 Å². The van der Waals surface area contributed by atoms with Crippen molar-refractivity contribution in [3.8, 4) is 5.69 Å². The lowest BCUT2D eigenvalue weighted by molar-refractivity contribution is -0.0309. The molecule has 6 heteroatoms. The number of hydrogen-bond acceptors (Lipinski definition) is 4. The third kappa shape index (κ3) is 2.43. The van der Waals surface area contributed by atoms with E-state index in [-0.39, 0.29) is 17.4 Å². The Kier molecular flexibility index (Phi) is 3.49. The molecule has 3 aromatic rings. The summed E-state index contributed by atoms with van der Waals surface area (Å²) in [5, 5.41) is 10.2. The van der Waals surface area contributed by atoms with Crippen LogP contribution in [0.15, 0.2) is 54.0 Å². The normalized spacial score (nSPS) is 19.1. The first-order chi connectivity index (χ1) is 11.6. The number of para-hydroxylation sites is 1. The highest BCUT2D eigenvalue weighted by atomic mass is 32.1. The second kappa shape index (κ2) is 5.56. The lowest BCUT2D eigenvalue weighted by atomic mass is 9.74. The summed E-state index contributed by atoms with van der Waals surface area (Å²) in [5.74, 6) is -0.0603. The van der Waals surface area contributed by atoms with Gasteiger partial charge in [0.15, 0.2) is 5.69 Å². The molecule has 24 heavy (non-hydrogen) atoms. The summed E-state index contributed by atoms with van der Waals surface area (Å²) in [4.78, 5) is 16.0. The number of benzene rings is 1. The SMILES string of the molecule is CC1(C)CN(C(=O)c2cn(-c3ccccc3)nn2)C1c1cccs1. The molecule has 122 valence electrons. The Morgan fingerprint density at radius 2 is 2.00 bits per heavy atom. The fraction of sp³-hybridized carbons (Fsp3) is 0.278. The summed E-state index contributed by atoms with van der Waals surface area (Å²) in [6.07, 6.45) is 1.70. The maximum absolute atomic E-state index is 12.9. The average molecular weight is 338 g/mol. The molecule has 1 unspecified atom stereocenters. The van der Waals surface area contributed by atoms with Crippen LogP contribution in [-0.4, -0.2) is 32.3 Å². The molecule has 0 aliphatic carbocycles. The number of likely N-dealkylation sites (tertiary alicyclic amines) is 1. The van der Waals surface area contributed by atoms with Gasteiger partial charge in [0, 0.05) is 16.8 Å². The van der Waals surface area contributed by atoms with E-state index in [0.29, 0.717) is 5.69 Å². The average Bonchev–Trinajstić information content (AvgIpc) is 3.25. The number of nitrogens with zero attached hydrogens (tertiary/aromatic N) is 4. The van der Waals surface area contributed by atoms with Crippen LogP contribution in [0, 0.1) is 5.41 Å². The maximum atomic E-state index is 12.9. The van der Waals surface area contributed by atoms with Crippen LogP contribution in [0.4, 0.5) is 0 Å². The molecule has 1 aliphatic heterocycles. The molecule has 3 heterocycles. The maximum Gasteiger partial charge on any atom is 0.276 e. The van der Waals surface area contributed by atoms with Gasteiger partial charge in [-0.1, -0.05) is 43.3 Å². The van der Waals surface area contributed by atoms with Crippen molar-refractivity contribution >= 4 is 17.2 Å². The minimum Gasteiger partial charge on any atom is -0.328 e. The van der Waals surface area contributed by atoms with Gasteiger partial charge in [-0.25, -0.2) is 4.68 Å². The molecule has 0 bridgehead atoms. The molecule has 5 nitrogen and oxygen atoms in total. The van der Waals surface area contributed by atoms with E-state index in [4.69, 9.17) is 0 Å². The van der Waals surface area contributed by atoms with Gasteiger partial charge in [-0.2, -0.15) is 0 Å². The fourth-order valence-electron chi connectivity index (χ4n) is 3.32. The highest BCUT2D eigenvalue weighted by Crippen LogP contribution is 2.49. The van der Waals surface area contributed by atoms with Crippen molar-refractivity contribution in [3.05, 3.63) is 64.6 Å². The molecular weight excluding hydrogens is 320 g/mol. The number of hydrogen-bond donors (Lipinski definition) is 0. The second-order valence-corrected chi connectivity index (χ2v) is 7.70. The summed E-state index contributed by atoms with van der Waals surface area (Å²) >= 11 is 1.69. The van der Waals surface area contributed by atoms with Crippen LogP contribution >= 0.6 is 11.3 Å². The monoisotopic (exact) mass is 338 g/mol. The van der Waals surface area contributed by atoms with Gasteiger partial charge in [-0.3, -0.25) is 4.79 Å². The lowest BCUT2D eigenvalue weighted by Crippen LogP contribution is -2.57. The van der Waals surface area contributed by atoms with Gasteiger partial charge in [0.25, 0.3) is 5.91 Å². The van der Waals surface area contributed by atoms with Gasteiger partial charge in [-0.15, -0.1) is 16.4 Å². The molecule has 1 aliphatic rings. The molecule has 0 saturated carbocycles. The van der Waals surface area contributed by atoms with E-state index in [9.17, 15) is 4.79 Å². The minimum absolute atomic E-state index is 0.0603. The Balaban J connectivity index is 1.60. The predicted molar refractivity (Wildman–Crippen MR) is 93.2 cm³/mol. The van der Waals surface area contributed by atoms with Gasteiger partial charge >= 0.3 is 0 Å². The zero-order valence-corrected chi connectivity index (χ0v) is 14.4. The van der Waals surface area contributed by atoms with Crippen LogP contribution < -0.4 is 0 Å². The molecule has 1 saturated heterocycles. The van der Waals surface area contributed by atoms with Gasteiger partial charge in [0.05, 0.1) is 17.9 Å². The van der Waals surface area contributed by atoms with Crippen molar-refractivity contribution < 1.29 is 4.79 Å². The van der Waals surface area contributed by atoms with Crippen molar-refractivity contribution in [1.82, 2.24) is 19.9 Å². The Morgan fingerprint density at radius 3 is 2.67 bits per heavy atom. The van der Waals surface area contributed by atoms with E-state index < -0.39 is 0 Å². The zero-order chi connectivity index (χ0) is 16.7. The van der Waals surface area contributed by atoms with E-state index in [0.717, 1.165) is 12.2 Å². The number of thiophene rings is 1. The van der Waals surface area contributed by atoms with Gasteiger partial charge < -0.3 is 4.90 Å². The van der Waals surface area contributed by atoms with E-state index in [1.807, 2.05) is 41.3 Å². The molecular formula is C18H18N4OS. The highest BCUT2D eigenvalue weighted by molar-refractivity contribution is 7.10. The molecule has 2 aromatic heterocycles. The van der Waals surface area contributed by atoms with Gasteiger partial charge in [-0.05, 0) is 23.6 Å². The van der Waals surface area contributed by atoms with Crippen LogP contribution in [0.25, 0.3) is 5.69 Å². The standard InChI is InChI=1S/C18H18N4OS/c1-18(2)12-21(16(18)15-9-6-10-24-15)17(23)14-11-22(20-19-14)13-7-4-3-5-8-13/h3-11,16H,12H2,1-2H3. The van der Waals surface area contributed by atoms with E-state index in [1.54, 1.807) is 22.2 Å².